The molecular weight excluding hydrogens is 214 g/mol. The van der Waals surface area contributed by atoms with Gasteiger partial charge in [-0.1, -0.05) is 13.8 Å². The fraction of sp³-hybridized carbons (Fsp3) is 1.00. The first-order chi connectivity index (χ1) is 6.97. The zero-order chi connectivity index (χ0) is 11.5. The summed E-state index contributed by atoms with van der Waals surface area (Å²) < 4.78 is 24.8. The minimum Gasteiger partial charge on any atom is -0.395 e. The highest BCUT2D eigenvalue weighted by Gasteiger charge is 2.28. The maximum absolute atomic E-state index is 11.6. The summed E-state index contributed by atoms with van der Waals surface area (Å²) in [5, 5.41) is 8.67. The van der Waals surface area contributed by atoms with Crippen molar-refractivity contribution in [1.29, 1.82) is 0 Å². The predicted octanol–water partition coefficient (Wildman–Crippen LogP) is 0.676. The van der Waals surface area contributed by atoms with E-state index in [2.05, 4.69) is 13.8 Å². The fourth-order valence-electron chi connectivity index (χ4n) is 2.07. The van der Waals surface area contributed by atoms with Crippen LogP contribution in [0.1, 0.15) is 26.7 Å². The third-order valence-corrected chi connectivity index (χ3v) is 5.03. The number of piperidine rings is 1. The third-order valence-electron chi connectivity index (χ3n) is 3.18. The van der Waals surface area contributed by atoms with Crippen LogP contribution in [-0.4, -0.2) is 43.3 Å². The van der Waals surface area contributed by atoms with Gasteiger partial charge >= 0.3 is 0 Å². The van der Waals surface area contributed by atoms with E-state index in [-0.39, 0.29) is 12.4 Å². The lowest BCUT2D eigenvalue weighted by Gasteiger charge is -2.32. The smallest absolute Gasteiger partial charge is 0.216 e. The summed E-state index contributed by atoms with van der Waals surface area (Å²) in [7, 11) is -3.20. The van der Waals surface area contributed by atoms with Gasteiger partial charge in [0, 0.05) is 13.1 Å². The molecule has 90 valence electrons. The molecular formula is C10H21NO3S. The summed E-state index contributed by atoms with van der Waals surface area (Å²) >= 11 is 0. The molecule has 0 spiro atoms. The average Bonchev–Trinajstić information content (AvgIpc) is 2.18. The molecule has 5 heteroatoms. The lowest BCUT2D eigenvalue weighted by atomic mass is 9.87. The molecule has 0 aromatic heterocycles. The molecule has 1 fully saturated rings. The molecule has 1 heterocycles. The Morgan fingerprint density at radius 3 is 2.27 bits per heavy atom. The molecule has 0 atom stereocenters. The van der Waals surface area contributed by atoms with Crippen molar-refractivity contribution in [1.82, 2.24) is 4.31 Å². The number of rotatable bonds is 4. The molecule has 0 aromatic carbocycles. The van der Waals surface area contributed by atoms with Gasteiger partial charge in [0.1, 0.15) is 0 Å². The topological polar surface area (TPSA) is 57.6 Å². The van der Waals surface area contributed by atoms with Gasteiger partial charge in [0.05, 0.1) is 12.4 Å². The van der Waals surface area contributed by atoms with Crippen LogP contribution < -0.4 is 0 Å². The van der Waals surface area contributed by atoms with Crippen molar-refractivity contribution in [3.8, 4) is 0 Å². The van der Waals surface area contributed by atoms with Crippen LogP contribution in [0.3, 0.4) is 0 Å². The molecule has 15 heavy (non-hydrogen) atoms. The number of aliphatic hydroxyl groups is 1. The Bertz CT molecular complexity index is 279. The van der Waals surface area contributed by atoms with Crippen LogP contribution in [0.5, 0.6) is 0 Å². The largest absolute Gasteiger partial charge is 0.395 e. The first kappa shape index (κ1) is 12.9. The van der Waals surface area contributed by atoms with Crippen molar-refractivity contribution in [2.75, 3.05) is 25.4 Å². The van der Waals surface area contributed by atoms with Crippen LogP contribution in [0, 0.1) is 11.8 Å². The zero-order valence-electron chi connectivity index (χ0n) is 9.52. The second kappa shape index (κ2) is 5.27. The van der Waals surface area contributed by atoms with Crippen molar-refractivity contribution in [2.45, 2.75) is 26.7 Å². The third kappa shape index (κ3) is 3.43. The molecule has 1 N–H and O–H groups in total. The lowest BCUT2D eigenvalue weighted by Crippen LogP contribution is -2.41. The highest BCUT2D eigenvalue weighted by molar-refractivity contribution is 7.89. The van der Waals surface area contributed by atoms with Crippen molar-refractivity contribution < 1.29 is 13.5 Å². The van der Waals surface area contributed by atoms with Crippen LogP contribution in [0.25, 0.3) is 0 Å². The Labute approximate surface area is 92.3 Å². The molecule has 0 aliphatic carbocycles. The Kier molecular flexibility index (Phi) is 4.55. The van der Waals surface area contributed by atoms with Crippen LogP contribution in [0.4, 0.5) is 0 Å². The van der Waals surface area contributed by atoms with Gasteiger partial charge in [-0.05, 0) is 24.7 Å². The van der Waals surface area contributed by atoms with Crippen molar-refractivity contribution in [3.63, 3.8) is 0 Å². The van der Waals surface area contributed by atoms with Crippen LogP contribution in [-0.2, 0) is 10.0 Å². The summed E-state index contributed by atoms with van der Waals surface area (Å²) in [5.41, 5.74) is 0. The van der Waals surface area contributed by atoms with E-state index in [0.29, 0.717) is 24.9 Å². The number of hydrogen-bond acceptors (Lipinski definition) is 3. The maximum atomic E-state index is 11.6. The van der Waals surface area contributed by atoms with Crippen molar-refractivity contribution in [3.05, 3.63) is 0 Å². The van der Waals surface area contributed by atoms with Gasteiger partial charge < -0.3 is 5.11 Å². The van der Waals surface area contributed by atoms with E-state index in [1.54, 1.807) is 0 Å². The number of sulfonamides is 1. The Morgan fingerprint density at radius 2 is 1.87 bits per heavy atom. The van der Waals surface area contributed by atoms with E-state index >= 15 is 0 Å². The SMILES string of the molecule is CC(C)C1CCN(S(=O)(=O)CCO)CC1. The van der Waals surface area contributed by atoms with Gasteiger partial charge in [-0.15, -0.1) is 0 Å². The van der Waals surface area contributed by atoms with E-state index in [4.69, 9.17) is 5.11 Å². The molecule has 1 rings (SSSR count). The quantitative estimate of drug-likeness (QED) is 0.779. The molecule has 4 nitrogen and oxygen atoms in total. The Hall–Kier alpha value is -0.130. The van der Waals surface area contributed by atoms with Gasteiger partial charge in [0.2, 0.25) is 10.0 Å². The molecule has 1 aliphatic heterocycles. The van der Waals surface area contributed by atoms with Gasteiger partial charge in [0.25, 0.3) is 0 Å². The monoisotopic (exact) mass is 235 g/mol. The first-order valence-electron chi connectivity index (χ1n) is 5.56. The summed E-state index contributed by atoms with van der Waals surface area (Å²) in [6, 6.07) is 0. The molecule has 0 radical (unpaired) electrons. The molecule has 1 aliphatic rings. The van der Waals surface area contributed by atoms with Crippen LogP contribution in [0.2, 0.25) is 0 Å². The maximum Gasteiger partial charge on any atom is 0.216 e. The van der Waals surface area contributed by atoms with Gasteiger partial charge in [-0.2, -0.15) is 0 Å². The highest BCUT2D eigenvalue weighted by atomic mass is 32.2. The second-order valence-corrected chi connectivity index (χ2v) is 6.61. The lowest BCUT2D eigenvalue weighted by molar-refractivity contribution is 0.225. The minimum absolute atomic E-state index is 0.140. The van der Waals surface area contributed by atoms with E-state index in [9.17, 15) is 8.42 Å². The summed E-state index contributed by atoms with van der Waals surface area (Å²) in [6.07, 6.45) is 1.89. The first-order valence-corrected chi connectivity index (χ1v) is 7.17. The normalized spacial score (nSPS) is 21.1. The Balaban J connectivity index is 2.50. The van der Waals surface area contributed by atoms with Gasteiger partial charge in [-0.3, -0.25) is 0 Å². The summed E-state index contributed by atoms with van der Waals surface area (Å²) in [5.74, 6) is 1.14. The van der Waals surface area contributed by atoms with E-state index in [0.717, 1.165) is 12.8 Å². The number of nitrogens with zero attached hydrogens (tertiary/aromatic N) is 1. The molecule has 0 bridgehead atoms. The molecule has 0 amide bonds. The van der Waals surface area contributed by atoms with Gasteiger partial charge in [-0.25, -0.2) is 12.7 Å². The summed E-state index contributed by atoms with van der Waals surface area (Å²) in [6.45, 7) is 5.31. The number of hydrogen-bond donors (Lipinski definition) is 1. The Morgan fingerprint density at radius 1 is 1.33 bits per heavy atom. The zero-order valence-corrected chi connectivity index (χ0v) is 10.3. The molecule has 0 saturated carbocycles. The molecule has 1 saturated heterocycles. The van der Waals surface area contributed by atoms with Crippen LogP contribution in [0.15, 0.2) is 0 Å². The van der Waals surface area contributed by atoms with Crippen molar-refractivity contribution in [2.24, 2.45) is 11.8 Å². The van der Waals surface area contributed by atoms with E-state index in [1.165, 1.54) is 4.31 Å². The van der Waals surface area contributed by atoms with Crippen molar-refractivity contribution >= 4 is 10.0 Å². The average molecular weight is 235 g/mol. The predicted molar refractivity (Wildman–Crippen MR) is 60.0 cm³/mol. The van der Waals surface area contributed by atoms with E-state index < -0.39 is 10.0 Å². The summed E-state index contributed by atoms with van der Waals surface area (Å²) in [4.78, 5) is 0. The molecule has 0 aromatic rings. The highest BCUT2D eigenvalue weighted by Crippen LogP contribution is 2.25. The van der Waals surface area contributed by atoms with Crippen LogP contribution >= 0.6 is 0 Å². The van der Waals surface area contributed by atoms with E-state index in [1.807, 2.05) is 0 Å². The fourth-order valence-corrected chi connectivity index (χ4v) is 3.32. The minimum atomic E-state index is -3.20. The number of aliphatic hydroxyl groups excluding tert-OH is 1. The standard InChI is InChI=1S/C10H21NO3S/c1-9(2)10-3-5-11(6-4-10)15(13,14)8-7-12/h9-10,12H,3-8H2,1-2H3. The molecule has 0 unspecified atom stereocenters. The van der Waals surface area contributed by atoms with Gasteiger partial charge in [0.15, 0.2) is 0 Å². The second-order valence-electron chi connectivity index (χ2n) is 4.52.